The molecule has 2 atom stereocenters. The van der Waals surface area contributed by atoms with Crippen LogP contribution in [0.1, 0.15) is 37.2 Å². The lowest BCUT2D eigenvalue weighted by Gasteiger charge is -2.37. The summed E-state index contributed by atoms with van der Waals surface area (Å²) in [6.07, 6.45) is -0.498. The third-order valence-corrected chi connectivity index (χ3v) is 6.03. The van der Waals surface area contributed by atoms with Crippen LogP contribution in [0.4, 0.5) is 4.79 Å². The summed E-state index contributed by atoms with van der Waals surface area (Å²) in [5.74, 6) is 1.16. The van der Waals surface area contributed by atoms with Crippen molar-refractivity contribution in [2.75, 3.05) is 33.3 Å². The van der Waals surface area contributed by atoms with Gasteiger partial charge in [-0.3, -0.25) is 15.0 Å². The Morgan fingerprint density at radius 2 is 1.94 bits per heavy atom. The quantitative estimate of drug-likeness (QED) is 0.697. The average Bonchev–Trinajstić information content (AvgIpc) is 3.23. The monoisotopic (exact) mass is 472 g/mol. The fourth-order valence-corrected chi connectivity index (χ4v) is 4.38. The Hall–Kier alpha value is -2.97. The number of nitrogens with zero attached hydrogens (tertiary/aromatic N) is 2. The van der Waals surface area contributed by atoms with Crippen LogP contribution in [0.15, 0.2) is 42.5 Å². The first-order valence-electron chi connectivity index (χ1n) is 11.0. The number of hydrogen-bond acceptors (Lipinski definition) is 5. The molecule has 2 aliphatic rings. The van der Waals surface area contributed by atoms with Crippen LogP contribution in [0, 0.1) is 0 Å². The smallest absolute Gasteiger partial charge is 0.322 e. The molecule has 0 bridgehead atoms. The van der Waals surface area contributed by atoms with Gasteiger partial charge in [0.1, 0.15) is 24.2 Å². The average molecular weight is 473 g/mol. The zero-order valence-corrected chi connectivity index (χ0v) is 19.8. The number of ether oxygens (including phenoxy) is 2. The zero-order valence-electron chi connectivity index (χ0n) is 19.0. The first kappa shape index (κ1) is 23.2. The van der Waals surface area contributed by atoms with Gasteiger partial charge < -0.3 is 19.7 Å². The van der Waals surface area contributed by atoms with Crippen LogP contribution in [0.5, 0.6) is 11.5 Å². The van der Waals surface area contributed by atoms with E-state index in [4.69, 9.17) is 21.1 Å². The summed E-state index contributed by atoms with van der Waals surface area (Å²) in [5, 5.41) is 6.90. The van der Waals surface area contributed by atoms with E-state index in [0.717, 1.165) is 11.1 Å². The summed E-state index contributed by atoms with van der Waals surface area (Å²) in [7, 11) is 1.61. The second-order valence-electron chi connectivity index (χ2n) is 8.41. The van der Waals surface area contributed by atoms with Gasteiger partial charge in [-0.15, -0.1) is 0 Å². The number of carbonyl (C=O) groups excluding carboxylic acids is 2. The van der Waals surface area contributed by atoms with E-state index in [0.29, 0.717) is 36.2 Å². The number of piperazine rings is 1. The number of carbonyl (C=O) groups is 2. The maximum atomic E-state index is 13.8. The Balaban J connectivity index is 1.74. The van der Waals surface area contributed by atoms with Gasteiger partial charge in [0.2, 0.25) is 5.91 Å². The van der Waals surface area contributed by atoms with Crippen LogP contribution in [-0.2, 0) is 4.79 Å². The molecule has 0 spiro atoms. The number of hydrogen-bond donors (Lipinski definition) is 2. The lowest BCUT2D eigenvalue weighted by molar-refractivity contribution is -0.123. The van der Waals surface area contributed by atoms with Crippen molar-refractivity contribution in [3.8, 4) is 11.5 Å². The molecule has 2 aromatic carbocycles. The standard InChI is InChI=1S/C24H29ClN4O4/c1-15(2)33-21-12-18(32-3)8-9-19(21)23-27-13-20(16-4-6-17(25)7-5-16)29(23)24(31)28-11-10-26-22(30)14-28/h4-9,12,15,20,23,27H,10-11,13-14H2,1-3H3,(H,26,30)/t20-,23?/m1/s1. The molecule has 2 aliphatic heterocycles. The minimum absolute atomic E-state index is 0.0351. The van der Waals surface area contributed by atoms with Crippen molar-refractivity contribution in [2.24, 2.45) is 0 Å². The van der Waals surface area contributed by atoms with Crippen molar-refractivity contribution in [3.05, 3.63) is 58.6 Å². The van der Waals surface area contributed by atoms with Gasteiger partial charge in [0.25, 0.3) is 0 Å². The number of benzene rings is 2. The summed E-state index contributed by atoms with van der Waals surface area (Å²) in [6.45, 7) is 5.39. The molecule has 3 amide bonds. The Morgan fingerprint density at radius 1 is 1.18 bits per heavy atom. The molecule has 2 saturated heterocycles. The molecular weight excluding hydrogens is 444 g/mol. The van der Waals surface area contributed by atoms with E-state index >= 15 is 0 Å². The second-order valence-corrected chi connectivity index (χ2v) is 8.85. The van der Waals surface area contributed by atoms with E-state index < -0.39 is 6.17 Å². The molecule has 1 unspecified atom stereocenters. The Morgan fingerprint density at radius 3 is 2.61 bits per heavy atom. The largest absolute Gasteiger partial charge is 0.497 e. The fraction of sp³-hybridized carbons (Fsp3) is 0.417. The van der Waals surface area contributed by atoms with Gasteiger partial charge in [0.15, 0.2) is 0 Å². The summed E-state index contributed by atoms with van der Waals surface area (Å²) >= 11 is 6.10. The lowest BCUT2D eigenvalue weighted by atomic mass is 10.1. The molecule has 0 aliphatic carbocycles. The molecule has 4 rings (SSSR count). The number of rotatable bonds is 5. The third-order valence-electron chi connectivity index (χ3n) is 5.78. The second kappa shape index (κ2) is 9.89. The molecule has 2 N–H and O–H groups in total. The number of nitrogens with one attached hydrogen (secondary N) is 2. The summed E-state index contributed by atoms with van der Waals surface area (Å²) in [6, 6.07) is 12.7. The molecule has 0 saturated carbocycles. The van der Waals surface area contributed by atoms with E-state index in [1.54, 1.807) is 16.9 Å². The van der Waals surface area contributed by atoms with Crippen LogP contribution in [0.2, 0.25) is 5.02 Å². The van der Waals surface area contributed by atoms with Crippen LogP contribution in [0.25, 0.3) is 0 Å². The van der Waals surface area contributed by atoms with Crippen molar-refractivity contribution in [3.63, 3.8) is 0 Å². The van der Waals surface area contributed by atoms with Gasteiger partial charge in [-0.05, 0) is 43.7 Å². The number of amides is 3. The molecule has 2 heterocycles. The molecule has 2 aromatic rings. The SMILES string of the molecule is COc1ccc(C2NC[C@H](c3ccc(Cl)cc3)N2C(=O)N2CCNC(=O)C2)c(OC(C)C)c1. The first-order chi connectivity index (χ1) is 15.9. The van der Waals surface area contributed by atoms with E-state index in [9.17, 15) is 9.59 Å². The maximum Gasteiger partial charge on any atom is 0.322 e. The van der Waals surface area contributed by atoms with Crippen molar-refractivity contribution in [1.82, 2.24) is 20.4 Å². The van der Waals surface area contributed by atoms with Gasteiger partial charge in [0.05, 0.1) is 19.3 Å². The number of urea groups is 1. The van der Waals surface area contributed by atoms with Crippen molar-refractivity contribution < 1.29 is 19.1 Å². The predicted octanol–water partition coefficient (Wildman–Crippen LogP) is 3.33. The summed E-state index contributed by atoms with van der Waals surface area (Å²) < 4.78 is 11.5. The molecule has 8 nitrogen and oxygen atoms in total. The van der Waals surface area contributed by atoms with Crippen LogP contribution < -0.4 is 20.1 Å². The molecule has 33 heavy (non-hydrogen) atoms. The van der Waals surface area contributed by atoms with Gasteiger partial charge in [-0.2, -0.15) is 0 Å². The molecule has 2 fully saturated rings. The first-order valence-corrected chi connectivity index (χ1v) is 11.4. The third kappa shape index (κ3) is 5.02. The van der Waals surface area contributed by atoms with E-state index in [1.807, 2.05) is 56.3 Å². The zero-order chi connectivity index (χ0) is 23.5. The highest BCUT2D eigenvalue weighted by Crippen LogP contribution is 2.40. The minimum atomic E-state index is -0.442. The van der Waals surface area contributed by atoms with Gasteiger partial charge in [0, 0.05) is 36.3 Å². The summed E-state index contributed by atoms with van der Waals surface area (Å²) in [4.78, 5) is 29.2. The van der Waals surface area contributed by atoms with Crippen molar-refractivity contribution >= 4 is 23.5 Å². The topological polar surface area (TPSA) is 83.1 Å². The molecule has 0 aromatic heterocycles. The lowest BCUT2D eigenvalue weighted by Crippen LogP contribution is -2.54. The highest BCUT2D eigenvalue weighted by atomic mass is 35.5. The van der Waals surface area contributed by atoms with Gasteiger partial charge in [-0.1, -0.05) is 23.7 Å². The highest BCUT2D eigenvalue weighted by molar-refractivity contribution is 6.30. The highest BCUT2D eigenvalue weighted by Gasteiger charge is 2.42. The van der Waals surface area contributed by atoms with E-state index in [2.05, 4.69) is 10.6 Å². The Bertz CT molecular complexity index is 1010. The van der Waals surface area contributed by atoms with Gasteiger partial charge >= 0.3 is 6.03 Å². The molecule has 9 heteroatoms. The number of halogens is 1. The fourth-order valence-electron chi connectivity index (χ4n) is 4.26. The normalized spacial score (nSPS) is 20.7. The van der Waals surface area contributed by atoms with E-state index in [1.165, 1.54) is 0 Å². The maximum absolute atomic E-state index is 13.8. The minimum Gasteiger partial charge on any atom is -0.497 e. The van der Waals surface area contributed by atoms with Gasteiger partial charge in [-0.25, -0.2) is 4.79 Å². The Labute approximate surface area is 198 Å². The Kier molecular flexibility index (Phi) is 6.95. The molecule has 0 radical (unpaired) electrons. The van der Waals surface area contributed by atoms with E-state index in [-0.39, 0.29) is 30.6 Å². The molecule has 176 valence electrons. The molecular formula is C24H29ClN4O4. The van der Waals surface area contributed by atoms with Crippen molar-refractivity contribution in [2.45, 2.75) is 32.2 Å². The van der Waals surface area contributed by atoms with Crippen LogP contribution >= 0.6 is 11.6 Å². The van der Waals surface area contributed by atoms with Crippen LogP contribution in [-0.4, -0.2) is 61.1 Å². The predicted molar refractivity (Wildman–Crippen MR) is 126 cm³/mol. The van der Waals surface area contributed by atoms with Crippen molar-refractivity contribution in [1.29, 1.82) is 0 Å². The van der Waals surface area contributed by atoms with Crippen LogP contribution in [0.3, 0.4) is 0 Å². The number of methoxy groups -OCH3 is 1. The summed E-state index contributed by atoms with van der Waals surface area (Å²) in [5.41, 5.74) is 1.79.